The van der Waals surface area contributed by atoms with Crippen molar-refractivity contribution < 1.29 is 19.1 Å². The van der Waals surface area contributed by atoms with Crippen molar-refractivity contribution in [1.82, 2.24) is 15.8 Å². The molecule has 2 aromatic rings. The molecule has 136 valence electrons. The summed E-state index contributed by atoms with van der Waals surface area (Å²) in [4.78, 5) is 40.7. The van der Waals surface area contributed by atoms with Crippen LogP contribution in [0.3, 0.4) is 0 Å². The van der Waals surface area contributed by atoms with E-state index in [0.717, 1.165) is 4.47 Å². The first-order valence-corrected chi connectivity index (χ1v) is 8.65. The molecule has 3 rings (SSSR count). The first kappa shape index (κ1) is 18.0. The van der Waals surface area contributed by atoms with E-state index in [1.807, 2.05) is 0 Å². The lowest BCUT2D eigenvalue weighted by molar-refractivity contribution is -0.126. The van der Waals surface area contributed by atoms with Crippen molar-refractivity contribution in [3.05, 3.63) is 46.7 Å². The van der Waals surface area contributed by atoms with Gasteiger partial charge in [-0.25, -0.2) is 0 Å². The largest absolute Gasteiger partial charge is 0.497 e. The maximum atomic E-state index is 12.3. The number of halogens is 1. The molecule has 1 aliphatic heterocycles. The molecule has 9 heteroatoms. The Kier molecular flexibility index (Phi) is 5.27. The number of rotatable bonds is 4. The Morgan fingerprint density at radius 3 is 2.62 bits per heavy atom. The highest BCUT2D eigenvalue weighted by atomic mass is 79.9. The van der Waals surface area contributed by atoms with Crippen LogP contribution in [-0.2, 0) is 9.59 Å². The van der Waals surface area contributed by atoms with Crippen LogP contribution in [-0.4, -0.2) is 36.4 Å². The van der Waals surface area contributed by atoms with Crippen molar-refractivity contribution in [2.24, 2.45) is 5.92 Å². The van der Waals surface area contributed by atoms with Crippen LogP contribution in [0.1, 0.15) is 16.9 Å². The molecule has 3 N–H and O–H groups in total. The zero-order valence-electron chi connectivity index (χ0n) is 13.9. The van der Waals surface area contributed by atoms with Crippen LogP contribution in [0.25, 0.3) is 0 Å². The fourth-order valence-electron chi connectivity index (χ4n) is 2.68. The van der Waals surface area contributed by atoms with Crippen molar-refractivity contribution in [3.63, 3.8) is 0 Å². The van der Waals surface area contributed by atoms with Crippen molar-refractivity contribution in [2.45, 2.75) is 6.42 Å². The normalized spacial score (nSPS) is 16.5. The average molecular weight is 421 g/mol. The van der Waals surface area contributed by atoms with Crippen LogP contribution in [0.4, 0.5) is 5.69 Å². The number of carbonyl (C=O) groups is 3. The summed E-state index contributed by atoms with van der Waals surface area (Å²) in [6.07, 6.45) is 1.70. The van der Waals surface area contributed by atoms with Gasteiger partial charge in [0.15, 0.2) is 0 Å². The van der Waals surface area contributed by atoms with Gasteiger partial charge in [0.25, 0.3) is 5.91 Å². The predicted molar refractivity (Wildman–Crippen MR) is 97.6 cm³/mol. The monoisotopic (exact) mass is 420 g/mol. The topological polar surface area (TPSA) is 104 Å². The quantitative estimate of drug-likeness (QED) is 0.653. The number of hydrogen-bond acceptors (Lipinski definition) is 4. The standard InChI is InChI=1S/C17H17BrN4O4/c1-26-13-4-2-12(3-5-13)22-9-10(6-15(22)23)16(24)20-21-17(25)14-7-11(18)8-19-14/h2-5,7-8,10,19H,6,9H2,1H3,(H,20,24)(H,21,25). The van der Waals surface area contributed by atoms with Gasteiger partial charge in [0.05, 0.1) is 13.0 Å². The van der Waals surface area contributed by atoms with E-state index in [0.29, 0.717) is 17.1 Å². The van der Waals surface area contributed by atoms with Crippen LogP contribution in [0.5, 0.6) is 5.75 Å². The lowest BCUT2D eigenvalue weighted by atomic mass is 10.1. The van der Waals surface area contributed by atoms with Gasteiger partial charge >= 0.3 is 0 Å². The van der Waals surface area contributed by atoms with Crippen LogP contribution in [0.2, 0.25) is 0 Å². The second kappa shape index (κ2) is 7.61. The molecule has 1 saturated heterocycles. The number of methoxy groups -OCH3 is 1. The third-order valence-electron chi connectivity index (χ3n) is 4.07. The number of amides is 3. The summed E-state index contributed by atoms with van der Waals surface area (Å²) >= 11 is 3.23. The summed E-state index contributed by atoms with van der Waals surface area (Å²) in [5.41, 5.74) is 5.71. The molecule has 1 fully saturated rings. The van der Waals surface area contributed by atoms with Crippen molar-refractivity contribution in [1.29, 1.82) is 0 Å². The molecule has 0 saturated carbocycles. The number of aromatic amines is 1. The van der Waals surface area contributed by atoms with Gasteiger partial charge in [-0.15, -0.1) is 0 Å². The SMILES string of the molecule is COc1ccc(N2CC(C(=O)NNC(=O)c3cc(Br)c[nH]3)CC2=O)cc1. The van der Waals surface area contributed by atoms with Gasteiger partial charge in [-0.2, -0.15) is 0 Å². The van der Waals surface area contributed by atoms with E-state index in [2.05, 4.69) is 31.8 Å². The highest BCUT2D eigenvalue weighted by molar-refractivity contribution is 9.10. The van der Waals surface area contributed by atoms with E-state index in [9.17, 15) is 14.4 Å². The Balaban J connectivity index is 1.57. The fraction of sp³-hybridized carbons (Fsp3) is 0.235. The summed E-state index contributed by atoms with van der Waals surface area (Å²) in [5, 5.41) is 0. The molecule has 3 amide bonds. The number of anilines is 1. The molecule has 1 atom stereocenters. The van der Waals surface area contributed by atoms with Crippen LogP contribution in [0.15, 0.2) is 41.0 Å². The molecule has 0 radical (unpaired) electrons. The number of benzene rings is 1. The number of hydrogen-bond donors (Lipinski definition) is 3. The van der Waals surface area contributed by atoms with E-state index in [4.69, 9.17) is 4.74 Å². The van der Waals surface area contributed by atoms with E-state index in [1.165, 1.54) is 0 Å². The van der Waals surface area contributed by atoms with Gasteiger partial charge in [-0.3, -0.25) is 25.2 Å². The molecule has 0 bridgehead atoms. The Morgan fingerprint density at radius 2 is 2.00 bits per heavy atom. The predicted octanol–water partition coefficient (Wildman–Crippen LogP) is 1.60. The van der Waals surface area contributed by atoms with Gasteiger partial charge in [-0.1, -0.05) is 0 Å². The minimum Gasteiger partial charge on any atom is -0.497 e. The first-order chi connectivity index (χ1) is 12.5. The van der Waals surface area contributed by atoms with Crippen LogP contribution < -0.4 is 20.5 Å². The number of aromatic nitrogens is 1. The third kappa shape index (κ3) is 3.88. The maximum absolute atomic E-state index is 12.3. The van der Waals surface area contributed by atoms with Crippen LogP contribution >= 0.6 is 15.9 Å². The zero-order chi connectivity index (χ0) is 18.7. The Hall–Kier alpha value is -2.81. The first-order valence-electron chi connectivity index (χ1n) is 7.86. The number of H-pyrrole nitrogens is 1. The highest BCUT2D eigenvalue weighted by Gasteiger charge is 2.35. The molecule has 8 nitrogen and oxygen atoms in total. The summed E-state index contributed by atoms with van der Waals surface area (Å²) in [5.74, 6) is -0.878. The van der Waals surface area contributed by atoms with E-state index in [1.54, 1.807) is 48.5 Å². The highest BCUT2D eigenvalue weighted by Crippen LogP contribution is 2.26. The lowest BCUT2D eigenvalue weighted by Gasteiger charge is -2.17. The molecule has 1 aromatic carbocycles. The van der Waals surface area contributed by atoms with Gasteiger partial charge in [0.1, 0.15) is 11.4 Å². The summed E-state index contributed by atoms with van der Waals surface area (Å²) < 4.78 is 5.82. The van der Waals surface area contributed by atoms with Gasteiger partial charge in [-0.05, 0) is 46.3 Å². The van der Waals surface area contributed by atoms with Crippen molar-refractivity contribution >= 4 is 39.3 Å². The molecule has 2 heterocycles. The van der Waals surface area contributed by atoms with Gasteiger partial charge < -0.3 is 14.6 Å². The summed E-state index contributed by atoms with van der Waals surface area (Å²) in [6, 6.07) is 8.63. The fourth-order valence-corrected chi connectivity index (χ4v) is 3.03. The molecule has 0 aliphatic carbocycles. The minimum absolute atomic E-state index is 0.0851. The van der Waals surface area contributed by atoms with Crippen molar-refractivity contribution in [2.75, 3.05) is 18.6 Å². The van der Waals surface area contributed by atoms with Crippen molar-refractivity contribution in [3.8, 4) is 5.75 Å². The third-order valence-corrected chi connectivity index (χ3v) is 4.53. The Labute approximate surface area is 158 Å². The number of ether oxygens (including phenoxy) is 1. The second-order valence-corrected chi connectivity index (χ2v) is 6.69. The maximum Gasteiger partial charge on any atom is 0.286 e. The zero-order valence-corrected chi connectivity index (χ0v) is 15.5. The molecular formula is C17H17BrN4O4. The van der Waals surface area contributed by atoms with Gasteiger partial charge in [0.2, 0.25) is 11.8 Å². The summed E-state index contributed by atoms with van der Waals surface area (Å²) in [7, 11) is 1.57. The van der Waals surface area contributed by atoms with E-state index < -0.39 is 17.7 Å². The molecule has 1 aromatic heterocycles. The molecule has 1 aliphatic rings. The van der Waals surface area contributed by atoms with Crippen LogP contribution in [0, 0.1) is 5.92 Å². The molecule has 1 unspecified atom stereocenters. The average Bonchev–Trinajstić information content (AvgIpc) is 3.25. The Morgan fingerprint density at radius 1 is 1.27 bits per heavy atom. The number of hydrazine groups is 1. The second-order valence-electron chi connectivity index (χ2n) is 5.78. The molecule has 26 heavy (non-hydrogen) atoms. The number of nitrogens with zero attached hydrogens (tertiary/aromatic N) is 1. The van der Waals surface area contributed by atoms with E-state index >= 15 is 0 Å². The lowest BCUT2D eigenvalue weighted by Crippen LogP contribution is -2.45. The Bertz CT molecular complexity index is 834. The minimum atomic E-state index is -0.541. The molecule has 0 spiro atoms. The van der Waals surface area contributed by atoms with E-state index in [-0.39, 0.29) is 18.9 Å². The number of carbonyl (C=O) groups excluding carboxylic acids is 3. The summed E-state index contributed by atoms with van der Waals surface area (Å²) in [6.45, 7) is 0.251. The molecular weight excluding hydrogens is 404 g/mol. The smallest absolute Gasteiger partial charge is 0.286 e. The van der Waals surface area contributed by atoms with Gasteiger partial charge in [0, 0.05) is 29.3 Å². The number of nitrogens with one attached hydrogen (secondary N) is 3.